The molecule has 0 aliphatic heterocycles. The van der Waals surface area contributed by atoms with Gasteiger partial charge in [0, 0.05) is 18.7 Å². The topological polar surface area (TPSA) is 77.2 Å². The van der Waals surface area contributed by atoms with Crippen LogP contribution in [-0.2, 0) is 0 Å². The molecule has 7 heteroatoms. The van der Waals surface area contributed by atoms with Crippen LogP contribution in [0.5, 0.6) is 11.6 Å². The van der Waals surface area contributed by atoms with Crippen molar-refractivity contribution in [3.05, 3.63) is 47.5 Å². The molecule has 104 valence electrons. The van der Waals surface area contributed by atoms with E-state index in [2.05, 4.69) is 10.3 Å². The third-order valence-electron chi connectivity index (χ3n) is 2.49. The van der Waals surface area contributed by atoms with E-state index in [1.165, 1.54) is 31.3 Å². The van der Waals surface area contributed by atoms with Crippen LogP contribution in [0, 0.1) is 11.6 Å². The molecule has 0 saturated carbocycles. The highest BCUT2D eigenvalue weighted by molar-refractivity contribution is 5.92. The Kier molecular flexibility index (Phi) is 3.79. The van der Waals surface area contributed by atoms with Gasteiger partial charge in [-0.1, -0.05) is 0 Å². The van der Waals surface area contributed by atoms with Gasteiger partial charge in [0.2, 0.25) is 5.91 Å². The van der Waals surface area contributed by atoms with Gasteiger partial charge >= 0.3 is 0 Å². The number of nitrogens with two attached hydrogens (primary N) is 1. The Morgan fingerprint density at radius 1 is 1.25 bits per heavy atom. The maximum atomic E-state index is 13.5. The molecule has 2 rings (SSSR count). The number of rotatable bonds is 4. The largest absolute Gasteiger partial charge is 0.436 e. The number of hydrogen-bond acceptors (Lipinski definition) is 4. The third kappa shape index (κ3) is 2.82. The minimum Gasteiger partial charge on any atom is -0.436 e. The minimum absolute atomic E-state index is 0.129. The predicted octanol–water partition coefficient (Wildman–Crippen LogP) is 2.29. The van der Waals surface area contributed by atoms with E-state index in [0.717, 1.165) is 0 Å². The number of carbonyl (C=O) groups is 1. The van der Waals surface area contributed by atoms with Gasteiger partial charge in [-0.25, -0.2) is 8.78 Å². The number of aromatic nitrogens is 1. The van der Waals surface area contributed by atoms with Crippen LogP contribution in [0.25, 0.3) is 0 Å². The molecule has 0 spiro atoms. The zero-order valence-electron chi connectivity index (χ0n) is 10.5. The van der Waals surface area contributed by atoms with Crippen molar-refractivity contribution >= 4 is 11.7 Å². The molecule has 0 saturated heterocycles. The van der Waals surface area contributed by atoms with Crippen molar-refractivity contribution in [2.75, 3.05) is 12.4 Å². The lowest BCUT2D eigenvalue weighted by Gasteiger charge is -2.08. The molecule has 0 aliphatic carbocycles. The second-order valence-electron chi connectivity index (χ2n) is 3.85. The van der Waals surface area contributed by atoms with E-state index < -0.39 is 17.5 Å². The molecule has 0 fully saturated rings. The fraction of sp³-hybridized carbons (Fsp3) is 0.0769. The number of pyridine rings is 1. The first kappa shape index (κ1) is 13.7. The van der Waals surface area contributed by atoms with Crippen LogP contribution in [0.2, 0.25) is 0 Å². The molecule has 1 aromatic carbocycles. The summed E-state index contributed by atoms with van der Waals surface area (Å²) >= 11 is 0. The quantitative estimate of drug-likeness (QED) is 0.900. The van der Waals surface area contributed by atoms with E-state index in [-0.39, 0.29) is 17.4 Å². The number of hydrogen-bond donors (Lipinski definition) is 2. The van der Waals surface area contributed by atoms with Crippen LogP contribution in [0.1, 0.15) is 10.4 Å². The van der Waals surface area contributed by atoms with Crippen LogP contribution in [0.3, 0.4) is 0 Å². The second kappa shape index (κ2) is 5.52. The van der Waals surface area contributed by atoms with Gasteiger partial charge in [0.05, 0.1) is 0 Å². The molecule has 0 radical (unpaired) electrons. The van der Waals surface area contributed by atoms with Gasteiger partial charge in [-0.05, 0) is 24.3 Å². The standard InChI is InChI=1S/C13H11F2N3O2/c1-17-12-9(14)6-10(15)13(18-12)20-8-4-2-7(3-5-8)11(16)19/h2-6H,1H3,(H2,16,19)(H,17,18). The number of carbonyl (C=O) groups excluding carboxylic acids is 1. The van der Waals surface area contributed by atoms with Gasteiger partial charge < -0.3 is 15.8 Å². The van der Waals surface area contributed by atoms with Gasteiger partial charge in [-0.2, -0.15) is 4.98 Å². The van der Waals surface area contributed by atoms with E-state index in [9.17, 15) is 13.6 Å². The minimum atomic E-state index is -0.930. The number of amides is 1. The number of nitrogens with zero attached hydrogens (tertiary/aromatic N) is 1. The van der Waals surface area contributed by atoms with Gasteiger partial charge in [0.15, 0.2) is 17.5 Å². The smallest absolute Gasteiger partial charge is 0.258 e. The molecule has 0 aliphatic rings. The summed E-state index contributed by atoms with van der Waals surface area (Å²) in [4.78, 5) is 14.6. The van der Waals surface area contributed by atoms with Crippen molar-refractivity contribution in [1.82, 2.24) is 4.98 Å². The van der Waals surface area contributed by atoms with Crippen molar-refractivity contribution in [3.63, 3.8) is 0 Å². The van der Waals surface area contributed by atoms with Gasteiger partial charge in [-0.15, -0.1) is 0 Å². The molecule has 0 bridgehead atoms. The Balaban J connectivity index is 2.27. The van der Waals surface area contributed by atoms with E-state index in [1.54, 1.807) is 0 Å². The SMILES string of the molecule is CNc1nc(Oc2ccc(C(N)=O)cc2)c(F)cc1F. The van der Waals surface area contributed by atoms with Crippen molar-refractivity contribution < 1.29 is 18.3 Å². The summed E-state index contributed by atoms with van der Waals surface area (Å²) in [6.07, 6.45) is 0. The zero-order valence-corrected chi connectivity index (χ0v) is 10.5. The molecular weight excluding hydrogens is 268 g/mol. The maximum Gasteiger partial charge on any atom is 0.258 e. The van der Waals surface area contributed by atoms with Crippen LogP contribution < -0.4 is 15.8 Å². The molecule has 1 heterocycles. The molecule has 2 aromatic rings. The van der Waals surface area contributed by atoms with E-state index >= 15 is 0 Å². The monoisotopic (exact) mass is 279 g/mol. The number of nitrogens with one attached hydrogen (secondary N) is 1. The van der Waals surface area contributed by atoms with Crippen LogP contribution in [0.15, 0.2) is 30.3 Å². The average Bonchev–Trinajstić information content (AvgIpc) is 2.42. The molecule has 1 aromatic heterocycles. The summed E-state index contributed by atoms with van der Waals surface area (Å²) < 4.78 is 32.0. The fourth-order valence-electron chi connectivity index (χ4n) is 1.50. The molecule has 20 heavy (non-hydrogen) atoms. The Bertz CT molecular complexity index is 645. The lowest BCUT2D eigenvalue weighted by atomic mass is 10.2. The number of anilines is 1. The zero-order chi connectivity index (χ0) is 14.7. The lowest BCUT2D eigenvalue weighted by Crippen LogP contribution is -2.10. The highest BCUT2D eigenvalue weighted by atomic mass is 19.1. The summed E-state index contributed by atoms with van der Waals surface area (Å²) in [5.74, 6) is -2.59. The van der Waals surface area contributed by atoms with E-state index in [0.29, 0.717) is 11.6 Å². The summed E-state index contributed by atoms with van der Waals surface area (Å²) in [7, 11) is 1.45. The fourth-order valence-corrected chi connectivity index (χ4v) is 1.50. The van der Waals surface area contributed by atoms with Crippen LogP contribution >= 0.6 is 0 Å². The lowest BCUT2D eigenvalue weighted by molar-refractivity contribution is 0.100. The van der Waals surface area contributed by atoms with Gasteiger partial charge in [0.25, 0.3) is 5.88 Å². The Morgan fingerprint density at radius 2 is 1.90 bits per heavy atom. The summed E-state index contributed by atoms with van der Waals surface area (Å²) in [5, 5.41) is 2.48. The molecule has 5 nitrogen and oxygen atoms in total. The molecule has 1 amide bonds. The maximum absolute atomic E-state index is 13.5. The van der Waals surface area contributed by atoms with Crippen molar-refractivity contribution in [1.29, 1.82) is 0 Å². The van der Waals surface area contributed by atoms with Crippen molar-refractivity contribution in [2.45, 2.75) is 0 Å². The molecule has 0 unspecified atom stereocenters. The van der Waals surface area contributed by atoms with E-state index in [1.807, 2.05) is 0 Å². The molecule has 3 N–H and O–H groups in total. The summed E-state index contributed by atoms with van der Waals surface area (Å²) in [5.41, 5.74) is 5.39. The first-order valence-corrected chi connectivity index (χ1v) is 5.62. The van der Waals surface area contributed by atoms with Crippen LogP contribution in [-0.4, -0.2) is 17.9 Å². The second-order valence-corrected chi connectivity index (χ2v) is 3.85. The highest BCUT2D eigenvalue weighted by Crippen LogP contribution is 2.25. The normalized spacial score (nSPS) is 10.2. The average molecular weight is 279 g/mol. The number of halogens is 2. The summed E-state index contributed by atoms with van der Waals surface area (Å²) in [6, 6.07) is 6.40. The number of benzene rings is 1. The number of ether oxygens (including phenoxy) is 1. The van der Waals surface area contributed by atoms with Gasteiger partial charge in [-0.3, -0.25) is 4.79 Å². The van der Waals surface area contributed by atoms with Gasteiger partial charge in [0.1, 0.15) is 5.75 Å². The Labute approximate surface area is 113 Å². The highest BCUT2D eigenvalue weighted by Gasteiger charge is 2.13. The first-order valence-electron chi connectivity index (χ1n) is 5.62. The molecular formula is C13H11F2N3O2. The predicted molar refractivity (Wildman–Crippen MR) is 68.7 cm³/mol. The Morgan fingerprint density at radius 3 is 2.45 bits per heavy atom. The van der Waals surface area contributed by atoms with Crippen molar-refractivity contribution in [3.8, 4) is 11.6 Å². The van der Waals surface area contributed by atoms with Crippen molar-refractivity contribution in [2.24, 2.45) is 5.73 Å². The third-order valence-corrected chi connectivity index (χ3v) is 2.49. The van der Waals surface area contributed by atoms with Crippen LogP contribution in [0.4, 0.5) is 14.6 Å². The van der Waals surface area contributed by atoms with E-state index in [4.69, 9.17) is 10.5 Å². The summed E-state index contributed by atoms with van der Waals surface area (Å²) in [6.45, 7) is 0. The first-order chi connectivity index (χ1) is 9.51. The molecule has 0 atom stereocenters. The Hall–Kier alpha value is -2.70. The number of primary amides is 1.